The second kappa shape index (κ2) is 9.18. The molecule has 0 radical (unpaired) electrons. The number of ether oxygens (including phenoxy) is 2. The predicted molar refractivity (Wildman–Crippen MR) is 83.2 cm³/mol. The molecule has 0 saturated heterocycles. The van der Waals surface area contributed by atoms with Crippen molar-refractivity contribution in [1.82, 2.24) is 0 Å². The number of aliphatic hydroxyl groups is 1. The van der Waals surface area contributed by atoms with E-state index in [-0.39, 0.29) is 18.5 Å². The van der Waals surface area contributed by atoms with Gasteiger partial charge in [-0.1, -0.05) is 30.3 Å². The van der Waals surface area contributed by atoms with Crippen molar-refractivity contribution >= 4 is 0 Å². The first kappa shape index (κ1) is 16.5. The summed E-state index contributed by atoms with van der Waals surface area (Å²) in [6.07, 6.45) is 1.26. The van der Waals surface area contributed by atoms with Gasteiger partial charge in [-0.15, -0.1) is 0 Å². The summed E-state index contributed by atoms with van der Waals surface area (Å²) in [7, 11) is 0. The molecule has 0 unspecified atom stereocenters. The molecule has 0 aliphatic carbocycles. The molecule has 0 bridgehead atoms. The van der Waals surface area contributed by atoms with Gasteiger partial charge in [0.25, 0.3) is 0 Å². The Balaban J connectivity index is 1.84. The predicted octanol–water partition coefficient (Wildman–Crippen LogP) is 3.56. The van der Waals surface area contributed by atoms with Crippen LogP contribution in [0.25, 0.3) is 0 Å². The Morgan fingerprint density at radius 2 is 1.73 bits per heavy atom. The van der Waals surface area contributed by atoms with E-state index in [1.165, 1.54) is 12.1 Å². The molecule has 3 nitrogen and oxygen atoms in total. The summed E-state index contributed by atoms with van der Waals surface area (Å²) in [5.74, 6) is 0.322. The third kappa shape index (κ3) is 5.84. The molecule has 1 atom stereocenters. The summed E-state index contributed by atoms with van der Waals surface area (Å²) in [4.78, 5) is 0. The molecule has 2 aromatic carbocycles. The Hall–Kier alpha value is -1.91. The normalized spacial score (nSPS) is 12.1. The van der Waals surface area contributed by atoms with Crippen molar-refractivity contribution < 1.29 is 19.0 Å². The van der Waals surface area contributed by atoms with Crippen LogP contribution in [0.4, 0.5) is 4.39 Å². The van der Waals surface area contributed by atoms with E-state index in [1.807, 2.05) is 30.3 Å². The molecule has 0 heterocycles. The van der Waals surface area contributed by atoms with Crippen molar-refractivity contribution in [1.29, 1.82) is 0 Å². The van der Waals surface area contributed by atoms with E-state index in [9.17, 15) is 4.39 Å². The van der Waals surface area contributed by atoms with E-state index in [1.54, 1.807) is 12.1 Å². The van der Waals surface area contributed by atoms with Gasteiger partial charge in [0.2, 0.25) is 0 Å². The largest absolute Gasteiger partial charge is 0.491 e. The molecular weight excluding hydrogens is 283 g/mol. The van der Waals surface area contributed by atoms with Crippen LogP contribution in [0.1, 0.15) is 18.4 Å². The van der Waals surface area contributed by atoms with Crippen molar-refractivity contribution in [2.24, 2.45) is 0 Å². The van der Waals surface area contributed by atoms with Gasteiger partial charge in [-0.05, 0) is 42.7 Å². The number of hydrogen-bond donors (Lipinski definition) is 1. The minimum absolute atomic E-state index is 0.114. The summed E-state index contributed by atoms with van der Waals surface area (Å²) in [5, 5.41) is 8.98. The van der Waals surface area contributed by atoms with E-state index in [4.69, 9.17) is 14.6 Å². The van der Waals surface area contributed by atoms with Crippen LogP contribution in [0, 0.1) is 5.82 Å². The van der Waals surface area contributed by atoms with Gasteiger partial charge < -0.3 is 14.6 Å². The average molecular weight is 304 g/mol. The number of rotatable bonds is 9. The quantitative estimate of drug-likeness (QED) is 0.770. The highest BCUT2D eigenvalue weighted by atomic mass is 19.1. The van der Waals surface area contributed by atoms with Crippen LogP contribution in [-0.4, -0.2) is 24.4 Å². The van der Waals surface area contributed by atoms with Crippen LogP contribution in [0.15, 0.2) is 54.6 Å². The van der Waals surface area contributed by atoms with Gasteiger partial charge in [0.05, 0.1) is 12.7 Å². The molecular formula is C18H21FO3. The monoisotopic (exact) mass is 304 g/mol. The van der Waals surface area contributed by atoms with Gasteiger partial charge in [-0.3, -0.25) is 0 Å². The second-order valence-electron chi connectivity index (χ2n) is 5.05. The SMILES string of the molecule is OCCC[C@@H](COc1ccc(F)cc1)OCc1ccccc1. The van der Waals surface area contributed by atoms with Crippen LogP contribution < -0.4 is 4.74 Å². The zero-order chi connectivity index (χ0) is 15.6. The van der Waals surface area contributed by atoms with E-state index in [0.717, 1.165) is 5.56 Å². The summed E-state index contributed by atoms with van der Waals surface area (Å²) in [6, 6.07) is 15.8. The Morgan fingerprint density at radius 3 is 2.41 bits per heavy atom. The summed E-state index contributed by atoms with van der Waals surface area (Å²) >= 11 is 0. The lowest BCUT2D eigenvalue weighted by molar-refractivity contribution is 0.00122. The highest BCUT2D eigenvalue weighted by molar-refractivity contribution is 5.22. The Kier molecular flexibility index (Phi) is 6.87. The smallest absolute Gasteiger partial charge is 0.123 e. The lowest BCUT2D eigenvalue weighted by atomic mass is 10.2. The van der Waals surface area contributed by atoms with Gasteiger partial charge in [0.15, 0.2) is 0 Å². The molecule has 0 fully saturated rings. The first-order valence-electron chi connectivity index (χ1n) is 7.42. The first-order chi connectivity index (χ1) is 10.8. The molecule has 0 aliphatic heterocycles. The molecule has 0 amide bonds. The zero-order valence-electron chi connectivity index (χ0n) is 12.5. The molecule has 4 heteroatoms. The minimum atomic E-state index is -0.287. The number of halogens is 1. The molecule has 0 spiro atoms. The number of aliphatic hydroxyl groups excluding tert-OH is 1. The van der Waals surface area contributed by atoms with Crippen molar-refractivity contribution in [2.45, 2.75) is 25.6 Å². The van der Waals surface area contributed by atoms with E-state index in [2.05, 4.69) is 0 Å². The van der Waals surface area contributed by atoms with Crippen LogP contribution >= 0.6 is 0 Å². The topological polar surface area (TPSA) is 38.7 Å². The van der Waals surface area contributed by atoms with E-state index < -0.39 is 0 Å². The maximum Gasteiger partial charge on any atom is 0.123 e. The molecule has 0 aromatic heterocycles. The highest BCUT2D eigenvalue weighted by Crippen LogP contribution is 2.14. The minimum Gasteiger partial charge on any atom is -0.491 e. The Morgan fingerprint density at radius 1 is 1.00 bits per heavy atom. The van der Waals surface area contributed by atoms with Crippen molar-refractivity contribution in [3.05, 3.63) is 66.0 Å². The maximum atomic E-state index is 12.9. The fraction of sp³-hybridized carbons (Fsp3) is 0.333. The Bertz CT molecular complexity index is 528. The van der Waals surface area contributed by atoms with E-state index in [0.29, 0.717) is 31.8 Å². The zero-order valence-corrected chi connectivity index (χ0v) is 12.5. The van der Waals surface area contributed by atoms with Gasteiger partial charge in [0, 0.05) is 6.61 Å². The maximum absolute atomic E-state index is 12.9. The van der Waals surface area contributed by atoms with Gasteiger partial charge in [-0.2, -0.15) is 0 Å². The highest BCUT2D eigenvalue weighted by Gasteiger charge is 2.10. The van der Waals surface area contributed by atoms with Crippen LogP contribution in [-0.2, 0) is 11.3 Å². The summed E-state index contributed by atoms with van der Waals surface area (Å²) < 4.78 is 24.4. The lowest BCUT2D eigenvalue weighted by Gasteiger charge is -2.18. The molecule has 2 rings (SSSR count). The molecule has 0 aliphatic rings. The number of benzene rings is 2. The van der Waals surface area contributed by atoms with Gasteiger partial charge >= 0.3 is 0 Å². The third-order valence-corrected chi connectivity index (χ3v) is 3.26. The molecule has 2 aromatic rings. The van der Waals surface area contributed by atoms with Gasteiger partial charge in [0.1, 0.15) is 18.2 Å². The van der Waals surface area contributed by atoms with Crippen molar-refractivity contribution in [3.8, 4) is 5.75 Å². The van der Waals surface area contributed by atoms with Crippen LogP contribution in [0.2, 0.25) is 0 Å². The number of hydrogen-bond acceptors (Lipinski definition) is 3. The van der Waals surface area contributed by atoms with Crippen LogP contribution in [0.3, 0.4) is 0 Å². The lowest BCUT2D eigenvalue weighted by Crippen LogP contribution is -2.22. The Labute approximate surface area is 130 Å². The molecule has 1 N–H and O–H groups in total. The first-order valence-corrected chi connectivity index (χ1v) is 7.42. The third-order valence-electron chi connectivity index (χ3n) is 3.26. The van der Waals surface area contributed by atoms with Crippen molar-refractivity contribution in [2.75, 3.05) is 13.2 Å². The molecule has 118 valence electrons. The standard InChI is InChI=1S/C18H21FO3/c19-16-8-10-17(11-9-16)22-14-18(7-4-12-20)21-13-15-5-2-1-3-6-15/h1-3,5-6,8-11,18,20H,4,7,12-14H2/t18-/m0/s1. The van der Waals surface area contributed by atoms with Crippen LogP contribution in [0.5, 0.6) is 5.75 Å². The second-order valence-corrected chi connectivity index (χ2v) is 5.05. The van der Waals surface area contributed by atoms with Crippen molar-refractivity contribution in [3.63, 3.8) is 0 Å². The summed E-state index contributed by atoms with van der Waals surface area (Å²) in [5.41, 5.74) is 1.10. The molecule has 22 heavy (non-hydrogen) atoms. The fourth-order valence-electron chi connectivity index (χ4n) is 2.04. The van der Waals surface area contributed by atoms with E-state index >= 15 is 0 Å². The summed E-state index contributed by atoms with van der Waals surface area (Å²) in [6.45, 7) is 1.00. The average Bonchev–Trinajstić information content (AvgIpc) is 2.56. The molecule has 0 saturated carbocycles. The fourth-order valence-corrected chi connectivity index (χ4v) is 2.04. The van der Waals surface area contributed by atoms with Gasteiger partial charge in [-0.25, -0.2) is 4.39 Å².